The Morgan fingerprint density at radius 2 is 2.09 bits per heavy atom. The van der Waals surface area contributed by atoms with E-state index in [0.29, 0.717) is 28.9 Å². The van der Waals surface area contributed by atoms with Crippen LogP contribution in [0, 0.1) is 5.92 Å². The average Bonchev–Trinajstić information content (AvgIpc) is 2.71. The smallest absolute Gasteiger partial charge is 0.407 e. The maximum atomic E-state index is 12.7. The van der Waals surface area contributed by atoms with E-state index in [1.165, 1.54) is 0 Å². The first kappa shape index (κ1) is 23.6. The van der Waals surface area contributed by atoms with Crippen molar-refractivity contribution in [2.45, 2.75) is 65.5 Å². The van der Waals surface area contributed by atoms with E-state index in [4.69, 9.17) is 9.47 Å². The number of carbonyl (C=O) groups excluding carboxylic acids is 2. The number of fused-ring (bicyclic) bond motifs is 3. The summed E-state index contributed by atoms with van der Waals surface area (Å²) in [7, 11) is 0. The van der Waals surface area contributed by atoms with Crippen molar-refractivity contribution in [2.75, 3.05) is 18.1 Å². The van der Waals surface area contributed by atoms with Crippen LogP contribution < -0.4 is 15.0 Å². The van der Waals surface area contributed by atoms with Gasteiger partial charge in [0.15, 0.2) is 12.4 Å². The molecule has 32 heavy (non-hydrogen) atoms. The molecule has 2 amide bonds. The summed E-state index contributed by atoms with van der Waals surface area (Å²) < 4.78 is 11.0. The quantitative estimate of drug-likeness (QED) is 0.658. The highest BCUT2D eigenvalue weighted by Gasteiger charge is 2.29. The van der Waals surface area contributed by atoms with Gasteiger partial charge in [-0.3, -0.25) is 9.78 Å². The van der Waals surface area contributed by atoms with Crippen molar-refractivity contribution in [1.29, 1.82) is 0 Å². The Morgan fingerprint density at radius 1 is 1.34 bits per heavy atom. The minimum Gasteiger partial charge on any atom is -0.508 e. The Balaban J connectivity index is 1.69. The van der Waals surface area contributed by atoms with Crippen molar-refractivity contribution < 1.29 is 24.2 Å². The van der Waals surface area contributed by atoms with E-state index in [0.717, 1.165) is 19.3 Å². The fraction of sp³-hybridized carbons (Fsp3) is 0.542. The van der Waals surface area contributed by atoms with Crippen molar-refractivity contribution >= 4 is 28.6 Å². The Kier molecular flexibility index (Phi) is 7.11. The number of nitrogens with zero attached hydrogens (tertiary/aromatic N) is 2. The number of phenols is 1. The zero-order valence-corrected chi connectivity index (χ0v) is 19.5. The highest BCUT2D eigenvalue weighted by molar-refractivity contribution is 6.07. The number of benzene rings is 1. The van der Waals surface area contributed by atoms with Crippen LogP contribution in [0.2, 0.25) is 0 Å². The summed E-state index contributed by atoms with van der Waals surface area (Å²) in [6, 6.07) is 4.91. The third kappa shape index (κ3) is 5.81. The van der Waals surface area contributed by atoms with Crippen LogP contribution in [-0.4, -0.2) is 46.9 Å². The molecule has 0 saturated heterocycles. The molecule has 2 aromatic rings. The fourth-order valence-corrected chi connectivity index (χ4v) is 3.81. The first-order valence-electron chi connectivity index (χ1n) is 11.1. The maximum Gasteiger partial charge on any atom is 0.407 e. The minimum absolute atomic E-state index is 0.00181. The fourth-order valence-electron chi connectivity index (χ4n) is 3.81. The summed E-state index contributed by atoms with van der Waals surface area (Å²) in [5, 5.41) is 13.6. The van der Waals surface area contributed by atoms with Gasteiger partial charge in [-0.05, 0) is 64.2 Å². The highest BCUT2D eigenvalue weighted by atomic mass is 16.6. The van der Waals surface area contributed by atoms with Crippen LogP contribution in [0.15, 0.2) is 24.4 Å². The average molecular weight is 444 g/mol. The number of alkyl carbamates (subject to hydrolysis) is 1. The second-order valence-electron chi connectivity index (χ2n) is 9.40. The Bertz CT molecular complexity index is 985. The number of aromatic nitrogens is 1. The van der Waals surface area contributed by atoms with Gasteiger partial charge >= 0.3 is 6.09 Å². The molecule has 1 aromatic carbocycles. The van der Waals surface area contributed by atoms with Gasteiger partial charge in [0.1, 0.15) is 11.4 Å². The van der Waals surface area contributed by atoms with Gasteiger partial charge in [-0.1, -0.05) is 13.8 Å². The van der Waals surface area contributed by atoms with E-state index in [1.54, 1.807) is 29.3 Å². The van der Waals surface area contributed by atoms with Gasteiger partial charge in [0.25, 0.3) is 5.91 Å². The lowest BCUT2D eigenvalue weighted by Gasteiger charge is -2.32. The van der Waals surface area contributed by atoms with Gasteiger partial charge < -0.3 is 24.8 Å². The van der Waals surface area contributed by atoms with Crippen LogP contribution in [0.4, 0.5) is 10.5 Å². The number of pyridine rings is 1. The summed E-state index contributed by atoms with van der Waals surface area (Å²) in [4.78, 5) is 30.9. The van der Waals surface area contributed by atoms with Crippen LogP contribution in [-0.2, 0) is 9.53 Å². The zero-order valence-electron chi connectivity index (χ0n) is 19.5. The molecule has 2 heterocycles. The van der Waals surface area contributed by atoms with Crippen molar-refractivity contribution in [2.24, 2.45) is 5.92 Å². The largest absolute Gasteiger partial charge is 0.508 e. The van der Waals surface area contributed by atoms with Gasteiger partial charge in [-0.25, -0.2) is 4.79 Å². The number of hydrogen-bond donors (Lipinski definition) is 2. The van der Waals surface area contributed by atoms with E-state index < -0.39 is 11.7 Å². The predicted octanol–water partition coefficient (Wildman–Crippen LogP) is 4.39. The SMILES string of the molecule is CC[C@H](CCC(C)CN1C(=O)COc2cnc3ccc(O)cc3c21)NC(=O)OC(C)(C)C. The second-order valence-corrected chi connectivity index (χ2v) is 9.40. The standard InChI is InChI=1S/C24H33N3O5/c1-6-16(26-23(30)32-24(3,4)5)8-7-15(2)13-27-21(29)14-31-20-12-25-19-10-9-17(28)11-18(19)22(20)27/h9-12,15-16,28H,6-8,13-14H2,1-5H3,(H,26,30)/t15?,16-/m1/s1. The number of amides is 2. The molecule has 1 aliphatic heterocycles. The van der Waals surface area contributed by atoms with Gasteiger partial charge in [0.2, 0.25) is 0 Å². The lowest BCUT2D eigenvalue weighted by atomic mass is 9.99. The molecular formula is C24H33N3O5. The molecule has 8 heteroatoms. The molecule has 0 radical (unpaired) electrons. The van der Waals surface area contributed by atoms with Crippen LogP contribution in [0.1, 0.15) is 53.9 Å². The van der Waals surface area contributed by atoms with Crippen molar-refractivity contribution in [3.05, 3.63) is 24.4 Å². The number of aromatic hydroxyl groups is 1. The monoisotopic (exact) mass is 443 g/mol. The van der Waals surface area contributed by atoms with Gasteiger partial charge in [0, 0.05) is 18.0 Å². The molecule has 0 fully saturated rings. The van der Waals surface area contributed by atoms with Crippen molar-refractivity contribution in [3.8, 4) is 11.5 Å². The van der Waals surface area contributed by atoms with Crippen LogP contribution in [0.5, 0.6) is 11.5 Å². The summed E-state index contributed by atoms with van der Waals surface area (Å²) in [5.41, 5.74) is 0.796. The van der Waals surface area contributed by atoms with E-state index in [1.807, 2.05) is 27.7 Å². The molecule has 0 saturated carbocycles. The highest BCUT2D eigenvalue weighted by Crippen LogP contribution is 2.39. The zero-order chi connectivity index (χ0) is 23.5. The molecule has 0 aliphatic carbocycles. The number of nitrogens with one attached hydrogen (secondary N) is 1. The van der Waals surface area contributed by atoms with E-state index in [-0.39, 0.29) is 30.2 Å². The second kappa shape index (κ2) is 9.63. The molecule has 0 spiro atoms. The summed E-state index contributed by atoms with van der Waals surface area (Å²) >= 11 is 0. The third-order valence-electron chi connectivity index (χ3n) is 5.43. The number of carbonyl (C=O) groups is 2. The normalized spacial score (nSPS) is 15.7. The summed E-state index contributed by atoms with van der Waals surface area (Å²) in [6.45, 7) is 10.1. The van der Waals surface area contributed by atoms with E-state index >= 15 is 0 Å². The van der Waals surface area contributed by atoms with Crippen molar-refractivity contribution in [3.63, 3.8) is 0 Å². The molecule has 174 valence electrons. The van der Waals surface area contributed by atoms with Crippen LogP contribution in [0.3, 0.4) is 0 Å². The molecular weight excluding hydrogens is 410 g/mol. The molecule has 1 unspecified atom stereocenters. The summed E-state index contributed by atoms with van der Waals surface area (Å²) in [5.74, 6) is 0.699. The topological polar surface area (TPSA) is 101 Å². The molecule has 3 rings (SSSR count). The first-order chi connectivity index (χ1) is 15.1. The van der Waals surface area contributed by atoms with Crippen molar-refractivity contribution in [1.82, 2.24) is 10.3 Å². The predicted molar refractivity (Wildman–Crippen MR) is 123 cm³/mol. The summed E-state index contributed by atoms with van der Waals surface area (Å²) in [6.07, 6.45) is 3.60. The van der Waals surface area contributed by atoms with Crippen LogP contribution in [0.25, 0.3) is 10.9 Å². The molecule has 1 aromatic heterocycles. The number of hydrogen-bond acceptors (Lipinski definition) is 6. The number of rotatable bonds is 7. The molecule has 1 aliphatic rings. The first-order valence-corrected chi connectivity index (χ1v) is 11.1. The third-order valence-corrected chi connectivity index (χ3v) is 5.43. The molecule has 0 bridgehead atoms. The Labute approximate surface area is 188 Å². The van der Waals surface area contributed by atoms with Crippen LogP contribution >= 0.6 is 0 Å². The molecule has 2 N–H and O–H groups in total. The molecule has 2 atom stereocenters. The maximum absolute atomic E-state index is 12.7. The Morgan fingerprint density at radius 3 is 2.78 bits per heavy atom. The van der Waals surface area contributed by atoms with Gasteiger partial charge in [0.05, 0.1) is 17.4 Å². The van der Waals surface area contributed by atoms with E-state index in [9.17, 15) is 14.7 Å². The van der Waals surface area contributed by atoms with Gasteiger partial charge in [-0.2, -0.15) is 0 Å². The Hall–Kier alpha value is -3.03. The number of anilines is 1. The lowest BCUT2D eigenvalue weighted by molar-refractivity contribution is -0.121. The molecule has 8 nitrogen and oxygen atoms in total. The van der Waals surface area contributed by atoms with Gasteiger partial charge in [-0.15, -0.1) is 0 Å². The van der Waals surface area contributed by atoms with E-state index in [2.05, 4.69) is 17.2 Å². The lowest BCUT2D eigenvalue weighted by Crippen LogP contribution is -2.42. The minimum atomic E-state index is -0.536. The number of phenolic OH excluding ortho intramolecular Hbond substituents is 1. The number of ether oxygens (including phenoxy) is 2.